The van der Waals surface area contributed by atoms with Crippen molar-refractivity contribution in [2.75, 3.05) is 11.9 Å². The molecule has 0 unspecified atom stereocenters. The van der Waals surface area contributed by atoms with Crippen LogP contribution in [-0.4, -0.2) is 21.4 Å². The summed E-state index contributed by atoms with van der Waals surface area (Å²) in [7, 11) is 0. The van der Waals surface area contributed by atoms with Gasteiger partial charge in [0.05, 0.1) is 11.3 Å². The predicted octanol–water partition coefficient (Wildman–Crippen LogP) is 1.22. The second-order valence-corrected chi connectivity index (χ2v) is 5.02. The number of hydrogen-bond acceptors (Lipinski definition) is 5. The molecule has 1 aliphatic rings. The van der Waals surface area contributed by atoms with E-state index in [9.17, 15) is 4.79 Å². The van der Waals surface area contributed by atoms with Crippen molar-refractivity contribution in [2.24, 2.45) is 0 Å². The molecule has 2 aromatic rings. The Labute approximate surface area is 122 Å². The van der Waals surface area contributed by atoms with Gasteiger partial charge in [0, 0.05) is 26.1 Å². The summed E-state index contributed by atoms with van der Waals surface area (Å²) in [4.78, 5) is 21.2. The van der Waals surface area contributed by atoms with E-state index in [1.54, 1.807) is 6.19 Å². The molecule has 0 saturated carbocycles. The second-order valence-electron chi connectivity index (χ2n) is 5.02. The number of aromatic amines is 1. The van der Waals surface area contributed by atoms with Crippen LogP contribution in [0.25, 0.3) is 0 Å². The highest BCUT2D eigenvalue weighted by molar-refractivity contribution is 5.34. The molecular weight excluding hydrogens is 266 g/mol. The van der Waals surface area contributed by atoms with Gasteiger partial charge in [-0.15, -0.1) is 0 Å². The normalized spacial score (nSPS) is 14.2. The highest BCUT2D eigenvalue weighted by Crippen LogP contribution is 2.17. The van der Waals surface area contributed by atoms with Gasteiger partial charge >= 0.3 is 0 Å². The third-order valence-corrected chi connectivity index (χ3v) is 3.57. The minimum atomic E-state index is -0.171. The van der Waals surface area contributed by atoms with E-state index in [0.717, 1.165) is 18.8 Å². The van der Waals surface area contributed by atoms with Gasteiger partial charge in [0.1, 0.15) is 0 Å². The molecule has 0 aliphatic carbocycles. The second kappa shape index (κ2) is 5.77. The zero-order valence-corrected chi connectivity index (χ0v) is 11.5. The van der Waals surface area contributed by atoms with Gasteiger partial charge in [-0.3, -0.25) is 20.0 Å². The summed E-state index contributed by atoms with van der Waals surface area (Å²) in [6, 6.07) is 10.2. The van der Waals surface area contributed by atoms with Crippen LogP contribution >= 0.6 is 0 Å². The summed E-state index contributed by atoms with van der Waals surface area (Å²) in [6.07, 6.45) is 2.48. The Bertz CT molecular complexity index is 732. The molecule has 2 heterocycles. The quantitative estimate of drug-likeness (QED) is 0.652. The van der Waals surface area contributed by atoms with Crippen LogP contribution in [0.5, 0.6) is 0 Å². The average molecular weight is 281 g/mol. The molecule has 0 radical (unpaired) electrons. The Morgan fingerprint density at radius 1 is 1.38 bits per heavy atom. The SMILES string of the molecule is N#CNc1nc2c(c(=O)[nH]1)CN(Cc1ccccc1)CC2. The lowest BCUT2D eigenvalue weighted by Crippen LogP contribution is -2.35. The maximum atomic E-state index is 12.1. The molecular formula is C15H15N5O. The molecule has 1 aromatic heterocycles. The van der Waals surface area contributed by atoms with Crippen LogP contribution < -0.4 is 10.9 Å². The maximum Gasteiger partial charge on any atom is 0.257 e. The van der Waals surface area contributed by atoms with Crippen LogP contribution in [0.3, 0.4) is 0 Å². The highest BCUT2D eigenvalue weighted by Gasteiger charge is 2.21. The van der Waals surface area contributed by atoms with Gasteiger partial charge in [0.25, 0.3) is 5.56 Å². The molecule has 0 fully saturated rings. The topological polar surface area (TPSA) is 84.8 Å². The summed E-state index contributed by atoms with van der Waals surface area (Å²) >= 11 is 0. The first kappa shape index (κ1) is 13.3. The van der Waals surface area contributed by atoms with Crippen LogP contribution in [0, 0.1) is 11.5 Å². The number of hydrogen-bond donors (Lipinski definition) is 2. The fraction of sp³-hybridized carbons (Fsp3) is 0.267. The van der Waals surface area contributed by atoms with E-state index in [-0.39, 0.29) is 11.5 Å². The molecule has 1 aliphatic heterocycles. The van der Waals surface area contributed by atoms with Gasteiger partial charge in [0.2, 0.25) is 5.95 Å². The van der Waals surface area contributed by atoms with Crippen molar-refractivity contribution in [2.45, 2.75) is 19.5 Å². The Balaban J connectivity index is 1.80. The third-order valence-electron chi connectivity index (χ3n) is 3.57. The van der Waals surface area contributed by atoms with Crippen molar-refractivity contribution in [3.05, 3.63) is 57.5 Å². The molecule has 2 N–H and O–H groups in total. The Morgan fingerprint density at radius 2 is 2.19 bits per heavy atom. The van der Waals surface area contributed by atoms with Gasteiger partial charge in [-0.1, -0.05) is 30.3 Å². The number of nitriles is 1. The smallest absolute Gasteiger partial charge is 0.257 e. The van der Waals surface area contributed by atoms with Gasteiger partial charge in [0.15, 0.2) is 6.19 Å². The summed E-state index contributed by atoms with van der Waals surface area (Å²) in [5.74, 6) is 0.220. The number of rotatable bonds is 3. The Kier molecular flexibility index (Phi) is 3.67. The number of nitrogens with zero attached hydrogens (tertiary/aromatic N) is 3. The van der Waals surface area contributed by atoms with Gasteiger partial charge in [-0.25, -0.2) is 4.98 Å². The molecule has 0 saturated heterocycles. The molecule has 106 valence electrons. The zero-order chi connectivity index (χ0) is 14.7. The fourth-order valence-electron chi connectivity index (χ4n) is 2.57. The zero-order valence-electron chi connectivity index (χ0n) is 11.5. The van der Waals surface area contributed by atoms with Crippen LogP contribution in [0.15, 0.2) is 35.1 Å². The monoisotopic (exact) mass is 281 g/mol. The molecule has 0 atom stereocenters. The van der Waals surface area contributed by atoms with Gasteiger partial charge in [-0.05, 0) is 5.56 Å². The van der Waals surface area contributed by atoms with Crippen LogP contribution in [0.2, 0.25) is 0 Å². The number of aromatic nitrogens is 2. The third kappa shape index (κ3) is 2.93. The van der Waals surface area contributed by atoms with E-state index in [0.29, 0.717) is 18.5 Å². The molecule has 6 heteroatoms. The molecule has 3 rings (SSSR count). The first-order valence-electron chi connectivity index (χ1n) is 6.79. The van der Waals surface area contributed by atoms with E-state index in [1.165, 1.54) is 5.56 Å². The molecule has 0 bridgehead atoms. The highest BCUT2D eigenvalue weighted by atomic mass is 16.1. The van der Waals surface area contributed by atoms with E-state index in [4.69, 9.17) is 5.26 Å². The fourth-order valence-corrected chi connectivity index (χ4v) is 2.57. The lowest BCUT2D eigenvalue weighted by atomic mass is 10.1. The van der Waals surface area contributed by atoms with E-state index >= 15 is 0 Å². The molecule has 21 heavy (non-hydrogen) atoms. The number of anilines is 1. The first-order chi connectivity index (χ1) is 10.3. The predicted molar refractivity (Wildman–Crippen MR) is 78.4 cm³/mol. The number of fused-ring (bicyclic) bond motifs is 1. The van der Waals surface area contributed by atoms with Gasteiger partial charge < -0.3 is 0 Å². The summed E-state index contributed by atoms with van der Waals surface area (Å²) < 4.78 is 0. The number of benzene rings is 1. The summed E-state index contributed by atoms with van der Waals surface area (Å²) in [5, 5.41) is 11.0. The molecule has 1 aromatic carbocycles. The molecule has 0 amide bonds. The van der Waals surface area contributed by atoms with E-state index in [2.05, 4.69) is 32.3 Å². The summed E-state index contributed by atoms with van der Waals surface area (Å²) in [5.41, 5.74) is 2.53. The van der Waals surface area contributed by atoms with Crippen molar-refractivity contribution in [3.8, 4) is 6.19 Å². The van der Waals surface area contributed by atoms with Crippen LogP contribution in [0.4, 0.5) is 5.95 Å². The number of H-pyrrole nitrogens is 1. The van der Waals surface area contributed by atoms with Crippen molar-refractivity contribution in [1.82, 2.24) is 14.9 Å². The van der Waals surface area contributed by atoms with E-state index in [1.807, 2.05) is 18.2 Å². The van der Waals surface area contributed by atoms with Crippen molar-refractivity contribution in [3.63, 3.8) is 0 Å². The maximum absolute atomic E-state index is 12.1. The van der Waals surface area contributed by atoms with Gasteiger partial charge in [-0.2, -0.15) is 5.26 Å². The standard InChI is InChI=1S/C15H15N5O/c16-10-17-15-18-13-6-7-20(9-12(13)14(21)19-15)8-11-4-2-1-3-5-11/h1-5H,6-9H2,(H2,17,18,19,21). The number of nitrogens with one attached hydrogen (secondary N) is 2. The Morgan fingerprint density at radius 3 is 2.95 bits per heavy atom. The van der Waals surface area contributed by atoms with Crippen LogP contribution in [0.1, 0.15) is 16.8 Å². The molecule has 0 spiro atoms. The lowest BCUT2D eigenvalue weighted by molar-refractivity contribution is 0.242. The van der Waals surface area contributed by atoms with E-state index < -0.39 is 0 Å². The minimum absolute atomic E-state index is 0.171. The lowest BCUT2D eigenvalue weighted by Gasteiger charge is -2.27. The molecule has 6 nitrogen and oxygen atoms in total. The van der Waals surface area contributed by atoms with Crippen molar-refractivity contribution in [1.29, 1.82) is 5.26 Å². The largest absolute Gasteiger partial charge is 0.294 e. The van der Waals surface area contributed by atoms with Crippen molar-refractivity contribution < 1.29 is 0 Å². The Hall–Kier alpha value is -2.65. The van der Waals surface area contributed by atoms with Crippen molar-refractivity contribution >= 4 is 5.95 Å². The average Bonchev–Trinajstić information content (AvgIpc) is 2.49. The minimum Gasteiger partial charge on any atom is -0.294 e. The van der Waals surface area contributed by atoms with Crippen LogP contribution in [-0.2, 0) is 19.5 Å². The summed E-state index contributed by atoms with van der Waals surface area (Å²) in [6.45, 7) is 2.25. The first-order valence-corrected chi connectivity index (χ1v) is 6.79.